The molecule has 19 heavy (non-hydrogen) atoms. The summed E-state index contributed by atoms with van der Waals surface area (Å²) in [6.07, 6.45) is 2.09. The first-order valence-corrected chi connectivity index (χ1v) is 6.83. The van der Waals surface area contributed by atoms with Crippen LogP contribution in [0.2, 0.25) is 0 Å². The Morgan fingerprint density at radius 3 is 2.79 bits per heavy atom. The van der Waals surface area contributed by atoms with E-state index in [9.17, 15) is 0 Å². The second kappa shape index (κ2) is 5.21. The summed E-state index contributed by atoms with van der Waals surface area (Å²) in [6.45, 7) is 7.10. The van der Waals surface area contributed by atoms with E-state index < -0.39 is 0 Å². The summed E-state index contributed by atoms with van der Waals surface area (Å²) in [5.41, 5.74) is 9.23. The van der Waals surface area contributed by atoms with Crippen LogP contribution in [-0.4, -0.2) is 21.6 Å². The van der Waals surface area contributed by atoms with Gasteiger partial charge in [-0.3, -0.25) is 0 Å². The van der Waals surface area contributed by atoms with Crippen molar-refractivity contribution >= 4 is 16.7 Å². The molecular formula is C15H24N4. The van der Waals surface area contributed by atoms with Gasteiger partial charge >= 0.3 is 0 Å². The van der Waals surface area contributed by atoms with E-state index in [-0.39, 0.29) is 5.54 Å². The summed E-state index contributed by atoms with van der Waals surface area (Å²) < 4.78 is 2.11. The van der Waals surface area contributed by atoms with Crippen molar-refractivity contribution in [2.75, 3.05) is 11.9 Å². The predicted molar refractivity (Wildman–Crippen MR) is 81.4 cm³/mol. The van der Waals surface area contributed by atoms with Crippen molar-refractivity contribution in [2.45, 2.75) is 39.2 Å². The number of fused-ring (bicyclic) bond motifs is 1. The summed E-state index contributed by atoms with van der Waals surface area (Å²) in [5, 5.41) is 3.43. The molecule has 2 rings (SSSR count). The number of anilines is 1. The molecule has 0 bridgehead atoms. The molecule has 3 N–H and O–H groups in total. The third-order valence-electron chi connectivity index (χ3n) is 3.43. The fourth-order valence-corrected chi connectivity index (χ4v) is 2.21. The van der Waals surface area contributed by atoms with Crippen LogP contribution in [0.3, 0.4) is 0 Å². The van der Waals surface area contributed by atoms with E-state index in [1.54, 1.807) is 0 Å². The summed E-state index contributed by atoms with van der Waals surface area (Å²) in [7, 11) is 2.04. The first kappa shape index (κ1) is 13.9. The zero-order valence-corrected chi connectivity index (χ0v) is 12.3. The molecule has 0 aliphatic heterocycles. The van der Waals surface area contributed by atoms with Gasteiger partial charge in [0.05, 0.1) is 11.0 Å². The lowest BCUT2D eigenvalue weighted by molar-refractivity contribution is 0.465. The van der Waals surface area contributed by atoms with Gasteiger partial charge in [0.15, 0.2) is 0 Å². The highest BCUT2D eigenvalue weighted by molar-refractivity contribution is 5.80. The maximum Gasteiger partial charge on any atom is 0.106 e. The number of nitrogens with one attached hydrogen (secondary N) is 1. The monoisotopic (exact) mass is 260 g/mol. The van der Waals surface area contributed by atoms with E-state index in [2.05, 4.69) is 46.9 Å². The third-order valence-corrected chi connectivity index (χ3v) is 3.43. The van der Waals surface area contributed by atoms with Crippen molar-refractivity contribution in [3.8, 4) is 0 Å². The SMILES string of the molecule is Cc1nc2cc(NCCCC(C)(C)N)ccc2n1C. The first-order valence-electron chi connectivity index (χ1n) is 6.83. The molecule has 0 atom stereocenters. The van der Waals surface area contributed by atoms with Gasteiger partial charge in [0.1, 0.15) is 5.82 Å². The molecule has 0 saturated carbocycles. The Balaban J connectivity index is 1.98. The number of nitrogens with two attached hydrogens (primary N) is 1. The number of hydrogen-bond acceptors (Lipinski definition) is 3. The molecule has 2 aromatic rings. The average Bonchev–Trinajstić information content (AvgIpc) is 2.59. The molecule has 0 aliphatic rings. The number of aromatic nitrogens is 2. The van der Waals surface area contributed by atoms with Crippen LogP contribution in [-0.2, 0) is 7.05 Å². The third kappa shape index (κ3) is 3.47. The number of nitrogens with zero attached hydrogens (tertiary/aromatic N) is 2. The summed E-state index contributed by atoms with van der Waals surface area (Å²) in [4.78, 5) is 4.54. The normalized spacial score (nSPS) is 12.1. The fraction of sp³-hybridized carbons (Fsp3) is 0.533. The number of aryl methyl sites for hydroxylation is 2. The molecule has 0 saturated heterocycles. The zero-order valence-electron chi connectivity index (χ0n) is 12.3. The van der Waals surface area contributed by atoms with Crippen molar-refractivity contribution < 1.29 is 0 Å². The van der Waals surface area contributed by atoms with E-state index in [0.29, 0.717) is 0 Å². The second-order valence-corrected chi connectivity index (χ2v) is 5.94. The zero-order chi connectivity index (χ0) is 14.0. The van der Waals surface area contributed by atoms with Crippen LogP contribution in [0.1, 0.15) is 32.5 Å². The molecule has 0 fully saturated rings. The smallest absolute Gasteiger partial charge is 0.106 e. The Labute approximate surface area is 115 Å². The molecule has 4 nitrogen and oxygen atoms in total. The Morgan fingerprint density at radius 2 is 2.11 bits per heavy atom. The van der Waals surface area contributed by atoms with Gasteiger partial charge in [0, 0.05) is 24.8 Å². The molecular weight excluding hydrogens is 236 g/mol. The number of rotatable bonds is 5. The van der Waals surface area contributed by atoms with E-state index in [0.717, 1.165) is 36.4 Å². The van der Waals surface area contributed by atoms with Gasteiger partial charge in [-0.15, -0.1) is 0 Å². The Morgan fingerprint density at radius 1 is 1.37 bits per heavy atom. The molecule has 0 aliphatic carbocycles. The van der Waals surface area contributed by atoms with E-state index in [1.165, 1.54) is 5.52 Å². The second-order valence-electron chi connectivity index (χ2n) is 5.94. The molecule has 0 amide bonds. The minimum atomic E-state index is -0.0796. The molecule has 104 valence electrons. The molecule has 1 aromatic heterocycles. The Bertz CT molecular complexity index is 563. The molecule has 0 unspecified atom stereocenters. The van der Waals surface area contributed by atoms with Crippen molar-refractivity contribution in [1.29, 1.82) is 0 Å². The van der Waals surface area contributed by atoms with Gasteiger partial charge < -0.3 is 15.6 Å². The summed E-state index contributed by atoms with van der Waals surface area (Å²) >= 11 is 0. The van der Waals surface area contributed by atoms with Gasteiger partial charge in [-0.2, -0.15) is 0 Å². The van der Waals surface area contributed by atoms with Gasteiger partial charge in [0.2, 0.25) is 0 Å². The topological polar surface area (TPSA) is 55.9 Å². The van der Waals surface area contributed by atoms with Crippen LogP contribution < -0.4 is 11.1 Å². The van der Waals surface area contributed by atoms with Crippen LogP contribution in [0.15, 0.2) is 18.2 Å². The maximum atomic E-state index is 5.97. The van der Waals surface area contributed by atoms with E-state index in [1.807, 2.05) is 14.0 Å². The highest BCUT2D eigenvalue weighted by atomic mass is 15.0. The van der Waals surface area contributed by atoms with Crippen LogP contribution in [0, 0.1) is 6.92 Å². The number of hydrogen-bond donors (Lipinski definition) is 2. The van der Waals surface area contributed by atoms with Gasteiger partial charge in [-0.1, -0.05) is 0 Å². The van der Waals surface area contributed by atoms with Crippen LogP contribution in [0.4, 0.5) is 5.69 Å². The minimum absolute atomic E-state index is 0.0796. The highest BCUT2D eigenvalue weighted by Gasteiger charge is 2.09. The van der Waals surface area contributed by atoms with Crippen LogP contribution in [0.25, 0.3) is 11.0 Å². The van der Waals surface area contributed by atoms with E-state index in [4.69, 9.17) is 5.73 Å². The number of imidazole rings is 1. The molecule has 0 spiro atoms. The van der Waals surface area contributed by atoms with Crippen LogP contribution >= 0.6 is 0 Å². The lowest BCUT2D eigenvalue weighted by Gasteiger charge is -2.18. The van der Waals surface area contributed by atoms with Crippen molar-refractivity contribution in [3.05, 3.63) is 24.0 Å². The first-order chi connectivity index (χ1) is 8.87. The largest absolute Gasteiger partial charge is 0.385 e. The predicted octanol–water partition coefficient (Wildman–Crippen LogP) is 2.81. The molecule has 0 radical (unpaired) electrons. The highest BCUT2D eigenvalue weighted by Crippen LogP contribution is 2.19. The maximum absolute atomic E-state index is 5.97. The number of benzene rings is 1. The molecule has 1 heterocycles. The van der Waals surface area contributed by atoms with Crippen LogP contribution in [0.5, 0.6) is 0 Å². The quantitative estimate of drug-likeness (QED) is 0.813. The summed E-state index contributed by atoms with van der Waals surface area (Å²) in [5.74, 6) is 1.04. The standard InChI is InChI=1S/C15H24N4/c1-11-18-13-10-12(6-7-14(13)19(11)4)17-9-5-8-15(2,3)16/h6-7,10,17H,5,8-9,16H2,1-4H3. The van der Waals surface area contributed by atoms with Gasteiger partial charge in [-0.05, 0) is 51.8 Å². The van der Waals surface area contributed by atoms with Gasteiger partial charge in [-0.25, -0.2) is 4.98 Å². The Kier molecular flexibility index (Phi) is 3.80. The fourth-order valence-electron chi connectivity index (χ4n) is 2.21. The van der Waals surface area contributed by atoms with Crippen molar-refractivity contribution in [1.82, 2.24) is 9.55 Å². The van der Waals surface area contributed by atoms with Crippen molar-refractivity contribution in [3.63, 3.8) is 0 Å². The Hall–Kier alpha value is -1.55. The lowest BCUT2D eigenvalue weighted by atomic mass is 10.0. The molecule has 1 aromatic carbocycles. The average molecular weight is 260 g/mol. The summed E-state index contributed by atoms with van der Waals surface area (Å²) in [6, 6.07) is 6.33. The molecule has 4 heteroatoms. The van der Waals surface area contributed by atoms with Crippen molar-refractivity contribution in [2.24, 2.45) is 12.8 Å². The lowest BCUT2D eigenvalue weighted by Crippen LogP contribution is -2.32. The van der Waals surface area contributed by atoms with E-state index >= 15 is 0 Å². The minimum Gasteiger partial charge on any atom is -0.385 e. The van der Waals surface area contributed by atoms with Gasteiger partial charge in [0.25, 0.3) is 0 Å².